The van der Waals surface area contributed by atoms with Crippen LogP contribution in [0, 0.1) is 0 Å². The van der Waals surface area contributed by atoms with Crippen molar-refractivity contribution in [3.05, 3.63) is 28.6 Å². The molecule has 0 spiro atoms. The van der Waals surface area contributed by atoms with Crippen LogP contribution in [0.1, 0.15) is 37.0 Å². The van der Waals surface area contributed by atoms with Crippen molar-refractivity contribution in [2.24, 2.45) is 0 Å². The Hall–Kier alpha value is -1.98. The zero-order valence-electron chi connectivity index (χ0n) is 15.0. The number of benzene rings is 1. The van der Waals surface area contributed by atoms with E-state index in [1.807, 2.05) is 0 Å². The summed E-state index contributed by atoms with van der Waals surface area (Å²) in [4.78, 5) is 11.4. The molecule has 0 aliphatic rings. The molecule has 12 heteroatoms. The number of sulfone groups is 2. The van der Waals surface area contributed by atoms with Gasteiger partial charge in [0.05, 0.1) is 20.7 Å². The van der Waals surface area contributed by atoms with E-state index in [1.165, 1.54) is 13.8 Å². The molecule has 1 amide bonds. The lowest BCUT2D eigenvalue weighted by Gasteiger charge is -2.16. The summed E-state index contributed by atoms with van der Waals surface area (Å²) in [5.74, 6) is -0.515. The molecule has 27 heavy (non-hydrogen) atoms. The summed E-state index contributed by atoms with van der Waals surface area (Å²) in [5.41, 5.74) is -0.237. The Morgan fingerprint density at radius 3 is 2.33 bits per heavy atom. The molecule has 0 bridgehead atoms. The first-order valence-electron chi connectivity index (χ1n) is 7.79. The number of amides is 1. The van der Waals surface area contributed by atoms with Crippen LogP contribution in [0.4, 0.5) is 6.01 Å². The van der Waals surface area contributed by atoms with Crippen LogP contribution in [-0.4, -0.2) is 44.4 Å². The third kappa shape index (κ3) is 4.30. The van der Waals surface area contributed by atoms with Crippen molar-refractivity contribution in [3.63, 3.8) is 0 Å². The average molecular weight is 436 g/mol. The van der Waals surface area contributed by atoms with Crippen LogP contribution in [0.5, 0.6) is 0 Å². The molecule has 0 fully saturated rings. The maximum Gasteiger partial charge on any atom is 0.322 e. The normalized spacial score (nSPS) is 12.4. The fourth-order valence-electron chi connectivity index (χ4n) is 2.12. The molecular weight excluding hydrogens is 418 g/mol. The number of halogens is 1. The first-order valence-corrected chi connectivity index (χ1v) is 11.6. The molecule has 0 saturated heterocycles. The fourth-order valence-corrected chi connectivity index (χ4v) is 5.48. The van der Waals surface area contributed by atoms with Gasteiger partial charge in [-0.25, -0.2) is 16.8 Å². The van der Waals surface area contributed by atoms with E-state index in [0.29, 0.717) is 12.3 Å². The number of anilines is 1. The molecule has 9 nitrogen and oxygen atoms in total. The molecule has 0 radical (unpaired) electrons. The van der Waals surface area contributed by atoms with E-state index in [-0.39, 0.29) is 11.6 Å². The van der Waals surface area contributed by atoms with Gasteiger partial charge in [0.2, 0.25) is 5.89 Å². The van der Waals surface area contributed by atoms with E-state index in [2.05, 4.69) is 15.5 Å². The maximum absolute atomic E-state index is 12.7. The summed E-state index contributed by atoms with van der Waals surface area (Å²) >= 11 is 6.17. The highest BCUT2D eigenvalue weighted by molar-refractivity contribution is 7.94. The first kappa shape index (κ1) is 21.3. The predicted molar refractivity (Wildman–Crippen MR) is 98.5 cm³/mol. The molecular formula is C15H18ClN3O6S2. The van der Waals surface area contributed by atoms with E-state index < -0.39 is 45.6 Å². The second-order valence-corrected chi connectivity index (χ2v) is 10.7. The third-order valence-corrected chi connectivity index (χ3v) is 7.61. The Morgan fingerprint density at radius 1 is 1.22 bits per heavy atom. The lowest BCUT2D eigenvalue weighted by molar-refractivity contribution is 0.102. The molecule has 1 aromatic carbocycles. The zero-order valence-corrected chi connectivity index (χ0v) is 17.4. The van der Waals surface area contributed by atoms with Gasteiger partial charge in [0.1, 0.15) is 4.90 Å². The number of aromatic nitrogens is 2. The fraction of sp³-hybridized carbons (Fsp3) is 0.400. The smallest absolute Gasteiger partial charge is 0.322 e. The van der Waals surface area contributed by atoms with Gasteiger partial charge in [-0.05, 0) is 26.0 Å². The molecule has 1 N–H and O–H groups in total. The van der Waals surface area contributed by atoms with Crippen molar-refractivity contribution in [1.29, 1.82) is 0 Å². The molecule has 2 rings (SSSR count). The van der Waals surface area contributed by atoms with Crippen molar-refractivity contribution in [2.45, 2.75) is 42.2 Å². The monoisotopic (exact) mass is 435 g/mol. The number of aryl methyl sites for hydroxylation is 1. The second-order valence-electron chi connectivity index (χ2n) is 5.93. The number of nitrogens with zero attached hydrogens (tertiary/aromatic N) is 2. The lowest BCUT2D eigenvalue weighted by atomic mass is 10.2. The highest BCUT2D eigenvalue weighted by Gasteiger charge is 2.32. The standard InChI is InChI=1S/C15H18ClN3O6S2/c1-5-11-18-19-15(25-11)17-14(20)9-6-7-10(26(4,21)22)13(12(9)16)27(23,24)8(2)3/h6-8H,5H2,1-4H3,(H,17,19,20). The summed E-state index contributed by atoms with van der Waals surface area (Å²) in [6.07, 6.45) is 1.33. The highest BCUT2D eigenvalue weighted by atomic mass is 35.5. The highest BCUT2D eigenvalue weighted by Crippen LogP contribution is 2.34. The van der Waals surface area contributed by atoms with Gasteiger partial charge in [-0.3, -0.25) is 10.1 Å². The van der Waals surface area contributed by atoms with Crippen LogP contribution in [0.2, 0.25) is 5.02 Å². The largest absolute Gasteiger partial charge is 0.408 e. The Labute approximate surface area is 162 Å². The SMILES string of the molecule is CCc1nnc(NC(=O)c2ccc(S(C)(=O)=O)c(S(=O)(=O)C(C)C)c2Cl)o1. The Kier molecular flexibility index (Phi) is 5.97. The van der Waals surface area contributed by atoms with Crippen molar-refractivity contribution < 1.29 is 26.0 Å². The number of carbonyl (C=O) groups is 1. The van der Waals surface area contributed by atoms with Crippen LogP contribution in [0.15, 0.2) is 26.3 Å². The van der Waals surface area contributed by atoms with E-state index in [9.17, 15) is 21.6 Å². The van der Waals surface area contributed by atoms with Gasteiger partial charge in [-0.15, -0.1) is 5.10 Å². The van der Waals surface area contributed by atoms with Crippen LogP contribution >= 0.6 is 11.6 Å². The van der Waals surface area contributed by atoms with Crippen molar-refractivity contribution in [1.82, 2.24) is 10.2 Å². The number of nitrogens with one attached hydrogen (secondary N) is 1. The van der Waals surface area contributed by atoms with E-state index in [4.69, 9.17) is 16.0 Å². The summed E-state index contributed by atoms with van der Waals surface area (Å²) in [5, 5.41) is 8.20. The van der Waals surface area contributed by atoms with Crippen molar-refractivity contribution in [3.8, 4) is 0 Å². The van der Waals surface area contributed by atoms with Gasteiger partial charge in [0.25, 0.3) is 5.91 Å². The quantitative estimate of drug-likeness (QED) is 0.728. The molecule has 0 unspecified atom stereocenters. The van der Waals surface area contributed by atoms with E-state index in [0.717, 1.165) is 18.4 Å². The van der Waals surface area contributed by atoms with Gasteiger partial charge in [-0.2, -0.15) is 0 Å². The minimum atomic E-state index is -4.09. The second kappa shape index (κ2) is 7.56. The maximum atomic E-state index is 12.7. The molecule has 0 saturated carbocycles. The third-order valence-electron chi connectivity index (χ3n) is 3.60. The average Bonchev–Trinajstić information content (AvgIpc) is 3.00. The summed E-state index contributed by atoms with van der Waals surface area (Å²) in [6.45, 7) is 4.55. The van der Waals surface area contributed by atoms with Crippen LogP contribution in [0.3, 0.4) is 0 Å². The minimum Gasteiger partial charge on any atom is -0.408 e. The predicted octanol–water partition coefficient (Wildman–Crippen LogP) is 2.12. The molecule has 0 atom stereocenters. The summed E-state index contributed by atoms with van der Waals surface area (Å²) in [6, 6.07) is 1.98. The number of carbonyl (C=O) groups excluding carboxylic acids is 1. The van der Waals surface area contributed by atoms with Crippen LogP contribution in [-0.2, 0) is 26.1 Å². The zero-order chi connectivity index (χ0) is 20.6. The van der Waals surface area contributed by atoms with Gasteiger partial charge < -0.3 is 4.42 Å². The van der Waals surface area contributed by atoms with Gasteiger partial charge in [0.15, 0.2) is 19.7 Å². The number of hydrogen-bond acceptors (Lipinski definition) is 8. The molecule has 1 heterocycles. The van der Waals surface area contributed by atoms with Gasteiger partial charge >= 0.3 is 6.01 Å². The van der Waals surface area contributed by atoms with Gasteiger partial charge in [-0.1, -0.05) is 23.6 Å². The molecule has 0 aliphatic carbocycles. The molecule has 148 valence electrons. The number of hydrogen-bond donors (Lipinski definition) is 1. The van der Waals surface area contributed by atoms with Gasteiger partial charge in [0, 0.05) is 12.7 Å². The molecule has 2 aromatic rings. The Morgan fingerprint density at radius 2 is 1.85 bits per heavy atom. The lowest BCUT2D eigenvalue weighted by Crippen LogP contribution is -2.21. The summed E-state index contributed by atoms with van der Waals surface area (Å²) in [7, 11) is -8.00. The molecule has 0 aliphatic heterocycles. The van der Waals surface area contributed by atoms with Crippen LogP contribution in [0.25, 0.3) is 0 Å². The Balaban J connectivity index is 2.61. The topological polar surface area (TPSA) is 136 Å². The van der Waals surface area contributed by atoms with E-state index in [1.54, 1.807) is 6.92 Å². The van der Waals surface area contributed by atoms with Crippen molar-refractivity contribution >= 4 is 43.2 Å². The Bertz CT molecular complexity index is 1090. The number of rotatable bonds is 6. The molecule has 1 aromatic heterocycles. The summed E-state index contributed by atoms with van der Waals surface area (Å²) < 4.78 is 54.6. The van der Waals surface area contributed by atoms with Crippen LogP contribution < -0.4 is 5.32 Å². The first-order chi connectivity index (χ1) is 12.4. The minimum absolute atomic E-state index is 0.187. The van der Waals surface area contributed by atoms with E-state index >= 15 is 0 Å². The van der Waals surface area contributed by atoms with Crippen molar-refractivity contribution in [2.75, 3.05) is 11.6 Å².